The second kappa shape index (κ2) is 6.93. The fraction of sp³-hybridized carbons (Fsp3) is 0.857. The lowest BCUT2D eigenvalue weighted by Crippen LogP contribution is -2.44. The molecule has 2 nitrogen and oxygen atoms in total. The fourth-order valence-corrected chi connectivity index (χ4v) is 2.51. The molecule has 0 amide bonds. The maximum Gasteiger partial charge on any atom is 0.0711 e. The van der Waals surface area contributed by atoms with E-state index in [-0.39, 0.29) is 0 Å². The maximum absolute atomic E-state index is 5.62. The average molecular weight is 222 g/mol. The highest BCUT2D eigenvalue weighted by Gasteiger charge is 2.22. The quantitative estimate of drug-likeness (QED) is 0.717. The lowest BCUT2D eigenvalue weighted by molar-refractivity contribution is 0.140. The third kappa shape index (κ3) is 3.81. The molecule has 0 radical (unpaired) electrons. The van der Waals surface area contributed by atoms with Gasteiger partial charge in [-0.05, 0) is 52.1 Å². The summed E-state index contributed by atoms with van der Waals surface area (Å²) in [6, 6.07) is 0.866. The van der Waals surface area contributed by atoms with Crippen LogP contribution in [0.5, 0.6) is 0 Å². The summed E-state index contributed by atoms with van der Waals surface area (Å²) >= 11 is 0. The van der Waals surface area contributed by atoms with E-state index in [0.717, 1.165) is 12.3 Å². The molecule has 1 heterocycles. The Balaban J connectivity index is 2.53. The van der Waals surface area contributed by atoms with Crippen molar-refractivity contribution in [1.82, 2.24) is 10.2 Å². The normalized spacial score (nSPS) is 20.0. The first-order chi connectivity index (χ1) is 7.69. The molecule has 1 unspecified atom stereocenters. The monoisotopic (exact) mass is 222 g/mol. The summed E-state index contributed by atoms with van der Waals surface area (Å²) in [5.41, 5.74) is 0. The molecule has 0 aromatic carbocycles. The zero-order chi connectivity index (χ0) is 12.0. The van der Waals surface area contributed by atoms with Crippen LogP contribution in [0, 0.1) is 18.3 Å². The Bertz CT molecular complexity index is 223. The number of piperidine rings is 1. The highest BCUT2D eigenvalue weighted by molar-refractivity contribution is 5.00. The smallest absolute Gasteiger partial charge is 0.0711 e. The van der Waals surface area contributed by atoms with Crippen LogP contribution in [0.4, 0.5) is 0 Å². The van der Waals surface area contributed by atoms with Crippen LogP contribution in [0.25, 0.3) is 0 Å². The van der Waals surface area contributed by atoms with E-state index in [1.54, 1.807) is 0 Å². The Morgan fingerprint density at radius 3 is 2.44 bits per heavy atom. The summed E-state index contributed by atoms with van der Waals surface area (Å²) in [5, 5.41) is 3.42. The Morgan fingerprint density at radius 1 is 1.38 bits per heavy atom. The molecule has 2 heteroatoms. The summed E-state index contributed by atoms with van der Waals surface area (Å²) in [4.78, 5) is 2.50. The number of hydrogen-bond acceptors (Lipinski definition) is 2. The van der Waals surface area contributed by atoms with Crippen LogP contribution in [0.3, 0.4) is 0 Å². The topological polar surface area (TPSA) is 15.3 Å². The summed E-state index contributed by atoms with van der Waals surface area (Å²) in [6.07, 6.45) is 9.27. The van der Waals surface area contributed by atoms with E-state index in [9.17, 15) is 0 Å². The first-order valence-corrected chi connectivity index (χ1v) is 6.61. The van der Waals surface area contributed by atoms with Crippen molar-refractivity contribution in [3.8, 4) is 12.3 Å². The molecule has 0 saturated carbocycles. The van der Waals surface area contributed by atoms with Gasteiger partial charge >= 0.3 is 0 Å². The molecule has 1 atom stereocenters. The van der Waals surface area contributed by atoms with Gasteiger partial charge in [0.2, 0.25) is 0 Å². The lowest BCUT2D eigenvalue weighted by atomic mass is 9.96. The molecular formula is C14H26N2. The second-order valence-corrected chi connectivity index (χ2v) is 5.07. The third-order valence-electron chi connectivity index (χ3n) is 3.57. The molecule has 1 aliphatic heterocycles. The van der Waals surface area contributed by atoms with Crippen LogP contribution >= 0.6 is 0 Å². The van der Waals surface area contributed by atoms with Crippen LogP contribution in [-0.4, -0.2) is 36.6 Å². The van der Waals surface area contributed by atoms with Gasteiger partial charge in [0.25, 0.3) is 0 Å². The molecule has 16 heavy (non-hydrogen) atoms. The van der Waals surface area contributed by atoms with E-state index in [0.29, 0.717) is 12.1 Å². The fourth-order valence-electron chi connectivity index (χ4n) is 2.51. The number of hydrogen-bond donors (Lipinski definition) is 1. The van der Waals surface area contributed by atoms with E-state index in [2.05, 4.69) is 36.9 Å². The molecule has 0 aromatic heterocycles. The van der Waals surface area contributed by atoms with Crippen molar-refractivity contribution in [2.75, 3.05) is 19.6 Å². The standard InChI is InChI=1S/C14H26N2/c1-5-14(6-2)16(12(3)4)11-13-7-9-15-10-8-13/h1,12-15H,6-11H2,2-4H3. The van der Waals surface area contributed by atoms with Crippen molar-refractivity contribution in [2.45, 2.75) is 52.1 Å². The van der Waals surface area contributed by atoms with E-state index < -0.39 is 0 Å². The molecule has 1 N–H and O–H groups in total. The first kappa shape index (κ1) is 13.5. The van der Waals surface area contributed by atoms with Gasteiger partial charge < -0.3 is 5.32 Å². The first-order valence-electron chi connectivity index (χ1n) is 6.61. The molecule has 1 rings (SSSR count). The predicted molar refractivity (Wildman–Crippen MR) is 70.3 cm³/mol. The zero-order valence-corrected chi connectivity index (χ0v) is 11.0. The van der Waals surface area contributed by atoms with Crippen molar-refractivity contribution in [2.24, 2.45) is 5.92 Å². The van der Waals surface area contributed by atoms with E-state index in [4.69, 9.17) is 6.42 Å². The van der Waals surface area contributed by atoms with Crippen LogP contribution in [0.2, 0.25) is 0 Å². The van der Waals surface area contributed by atoms with Gasteiger partial charge in [0.05, 0.1) is 6.04 Å². The molecule has 0 aromatic rings. The molecular weight excluding hydrogens is 196 g/mol. The van der Waals surface area contributed by atoms with Gasteiger partial charge in [-0.3, -0.25) is 4.90 Å². The maximum atomic E-state index is 5.62. The van der Waals surface area contributed by atoms with Gasteiger partial charge in [-0.15, -0.1) is 6.42 Å². The Kier molecular flexibility index (Phi) is 5.87. The van der Waals surface area contributed by atoms with E-state index >= 15 is 0 Å². The van der Waals surface area contributed by atoms with Crippen LogP contribution in [-0.2, 0) is 0 Å². The summed E-state index contributed by atoms with van der Waals surface area (Å²) < 4.78 is 0. The summed E-state index contributed by atoms with van der Waals surface area (Å²) in [5.74, 6) is 3.76. The minimum atomic E-state index is 0.315. The Labute approximate surface area is 101 Å². The van der Waals surface area contributed by atoms with Gasteiger partial charge in [0, 0.05) is 12.6 Å². The number of nitrogens with one attached hydrogen (secondary N) is 1. The number of terminal acetylenes is 1. The largest absolute Gasteiger partial charge is 0.317 e. The van der Waals surface area contributed by atoms with E-state index in [1.807, 2.05) is 0 Å². The molecule has 92 valence electrons. The summed E-state index contributed by atoms with van der Waals surface area (Å²) in [6.45, 7) is 10.2. The zero-order valence-electron chi connectivity index (χ0n) is 11.0. The van der Waals surface area contributed by atoms with Crippen LogP contribution in [0.15, 0.2) is 0 Å². The Morgan fingerprint density at radius 2 is 2.00 bits per heavy atom. The molecule has 1 aliphatic rings. The van der Waals surface area contributed by atoms with Gasteiger partial charge in [-0.25, -0.2) is 0 Å². The lowest BCUT2D eigenvalue weighted by Gasteiger charge is -2.36. The third-order valence-corrected chi connectivity index (χ3v) is 3.57. The molecule has 1 saturated heterocycles. The highest BCUT2D eigenvalue weighted by Crippen LogP contribution is 2.18. The van der Waals surface area contributed by atoms with Crippen molar-refractivity contribution in [1.29, 1.82) is 0 Å². The van der Waals surface area contributed by atoms with Gasteiger partial charge in [-0.2, -0.15) is 0 Å². The van der Waals surface area contributed by atoms with Gasteiger partial charge in [0.1, 0.15) is 0 Å². The molecule has 1 fully saturated rings. The second-order valence-electron chi connectivity index (χ2n) is 5.07. The Hall–Kier alpha value is -0.520. The van der Waals surface area contributed by atoms with Gasteiger partial charge in [-0.1, -0.05) is 12.8 Å². The minimum Gasteiger partial charge on any atom is -0.317 e. The number of rotatable bonds is 5. The van der Waals surface area contributed by atoms with Crippen molar-refractivity contribution >= 4 is 0 Å². The highest BCUT2D eigenvalue weighted by atomic mass is 15.2. The van der Waals surface area contributed by atoms with Crippen molar-refractivity contribution in [3.05, 3.63) is 0 Å². The SMILES string of the molecule is C#CC(CC)N(CC1CCNCC1)C(C)C. The molecule has 0 aliphatic carbocycles. The van der Waals surface area contributed by atoms with Crippen molar-refractivity contribution in [3.63, 3.8) is 0 Å². The molecule has 0 bridgehead atoms. The van der Waals surface area contributed by atoms with Gasteiger partial charge in [0.15, 0.2) is 0 Å². The molecule has 0 spiro atoms. The van der Waals surface area contributed by atoms with Crippen molar-refractivity contribution < 1.29 is 0 Å². The average Bonchev–Trinajstić information content (AvgIpc) is 2.30. The minimum absolute atomic E-state index is 0.315. The van der Waals surface area contributed by atoms with Crippen LogP contribution in [0.1, 0.15) is 40.0 Å². The van der Waals surface area contributed by atoms with Crippen LogP contribution < -0.4 is 5.32 Å². The number of nitrogens with zero attached hydrogens (tertiary/aromatic N) is 1. The predicted octanol–water partition coefficient (Wildman–Crippen LogP) is 2.11. The summed E-state index contributed by atoms with van der Waals surface area (Å²) in [7, 11) is 0. The van der Waals surface area contributed by atoms with E-state index in [1.165, 1.54) is 32.5 Å².